The number of hydrogen-bond acceptors (Lipinski definition) is 6. The van der Waals surface area contributed by atoms with Crippen molar-refractivity contribution in [3.8, 4) is 11.1 Å². The van der Waals surface area contributed by atoms with Crippen molar-refractivity contribution in [1.82, 2.24) is 15.8 Å². The molecule has 2 heterocycles. The van der Waals surface area contributed by atoms with Crippen molar-refractivity contribution in [3.05, 3.63) is 36.0 Å². The summed E-state index contributed by atoms with van der Waals surface area (Å²) in [4.78, 5) is 23.7. The molecule has 1 aliphatic heterocycles. The number of nitrogens with zero attached hydrogens (tertiary/aromatic N) is 1. The van der Waals surface area contributed by atoms with Crippen LogP contribution in [-0.4, -0.2) is 34.3 Å². The molecule has 2 aromatic rings. The van der Waals surface area contributed by atoms with E-state index in [9.17, 15) is 9.59 Å². The molecular weight excluding hydrogens is 340 g/mol. The number of hydrogen-bond donors (Lipinski definition) is 3. The molecule has 1 aromatic carbocycles. The Kier molecular flexibility index (Phi) is 5.40. The second-order valence-corrected chi connectivity index (χ2v) is 7.11. The topological polar surface area (TPSA) is 96.3 Å². The molecule has 0 aliphatic carbocycles. The number of carbonyl (C=O) groups is 2. The molecule has 1 fully saturated rings. The van der Waals surface area contributed by atoms with Gasteiger partial charge in [-0.05, 0) is 19.4 Å². The highest BCUT2D eigenvalue weighted by Gasteiger charge is 2.24. The van der Waals surface area contributed by atoms with Crippen LogP contribution in [0.25, 0.3) is 11.1 Å². The number of aromatic nitrogens is 1. The SMILES string of the molecule is Cc1ccc(-c2cnoc2NC(=O)CSC2NC(=O)CC(C)N2)cc1. The van der Waals surface area contributed by atoms with Crippen molar-refractivity contribution < 1.29 is 14.1 Å². The number of carbonyl (C=O) groups excluding carboxylic acids is 2. The molecule has 25 heavy (non-hydrogen) atoms. The predicted octanol–water partition coefficient (Wildman–Crippen LogP) is 2.10. The van der Waals surface area contributed by atoms with Crippen LogP contribution in [0.3, 0.4) is 0 Å². The van der Waals surface area contributed by atoms with Crippen molar-refractivity contribution in [2.75, 3.05) is 11.1 Å². The van der Waals surface area contributed by atoms with Gasteiger partial charge in [-0.1, -0.05) is 35.0 Å². The molecule has 3 N–H and O–H groups in total. The van der Waals surface area contributed by atoms with E-state index in [-0.39, 0.29) is 29.1 Å². The Labute approximate surface area is 149 Å². The van der Waals surface area contributed by atoms with Crippen LogP contribution in [0.1, 0.15) is 18.9 Å². The van der Waals surface area contributed by atoms with E-state index in [0.29, 0.717) is 12.3 Å². The van der Waals surface area contributed by atoms with E-state index >= 15 is 0 Å². The molecule has 2 atom stereocenters. The van der Waals surface area contributed by atoms with Crippen LogP contribution in [0.2, 0.25) is 0 Å². The molecule has 2 unspecified atom stereocenters. The molecule has 0 bridgehead atoms. The quantitative estimate of drug-likeness (QED) is 0.756. The number of nitrogens with one attached hydrogen (secondary N) is 3. The van der Waals surface area contributed by atoms with Gasteiger partial charge in [-0.2, -0.15) is 0 Å². The second kappa shape index (κ2) is 7.71. The summed E-state index contributed by atoms with van der Waals surface area (Å²) in [5.41, 5.74) is 2.53. The van der Waals surface area contributed by atoms with Crippen LogP contribution >= 0.6 is 11.8 Å². The maximum Gasteiger partial charge on any atom is 0.239 e. The maximum absolute atomic E-state index is 12.2. The zero-order valence-electron chi connectivity index (χ0n) is 14.0. The summed E-state index contributed by atoms with van der Waals surface area (Å²) < 4.78 is 5.17. The van der Waals surface area contributed by atoms with E-state index < -0.39 is 0 Å². The summed E-state index contributed by atoms with van der Waals surface area (Å²) in [6, 6.07) is 7.98. The van der Waals surface area contributed by atoms with E-state index in [1.807, 2.05) is 38.1 Å². The number of aryl methyl sites for hydroxylation is 1. The van der Waals surface area contributed by atoms with E-state index in [1.165, 1.54) is 11.8 Å². The first kappa shape index (κ1) is 17.5. The van der Waals surface area contributed by atoms with Crippen LogP contribution in [0.4, 0.5) is 5.88 Å². The number of anilines is 1. The predicted molar refractivity (Wildman–Crippen MR) is 96.9 cm³/mol. The lowest BCUT2D eigenvalue weighted by molar-refractivity contribution is -0.123. The normalized spacial score (nSPS) is 20.2. The monoisotopic (exact) mass is 360 g/mol. The Morgan fingerprint density at radius 1 is 1.40 bits per heavy atom. The third kappa shape index (κ3) is 4.61. The lowest BCUT2D eigenvalue weighted by Crippen LogP contribution is -2.53. The third-order valence-electron chi connectivity index (χ3n) is 3.79. The lowest BCUT2D eigenvalue weighted by atomic mass is 10.1. The average molecular weight is 360 g/mol. The third-order valence-corrected chi connectivity index (χ3v) is 4.80. The van der Waals surface area contributed by atoms with Crippen molar-refractivity contribution in [3.63, 3.8) is 0 Å². The number of benzene rings is 1. The zero-order valence-corrected chi connectivity index (χ0v) is 14.9. The molecule has 3 rings (SSSR count). The summed E-state index contributed by atoms with van der Waals surface area (Å²) in [6.45, 7) is 3.95. The van der Waals surface area contributed by atoms with Crippen molar-refractivity contribution >= 4 is 29.5 Å². The molecule has 132 valence electrons. The van der Waals surface area contributed by atoms with Gasteiger partial charge in [0.15, 0.2) is 0 Å². The number of amides is 2. The Hall–Kier alpha value is -2.32. The highest BCUT2D eigenvalue weighted by molar-refractivity contribution is 8.00. The van der Waals surface area contributed by atoms with Gasteiger partial charge in [-0.25, -0.2) is 0 Å². The largest absolute Gasteiger partial charge is 0.338 e. The van der Waals surface area contributed by atoms with Crippen molar-refractivity contribution in [1.29, 1.82) is 0 Å². The first-order valence-corrected chi connectivity index (χ1v) is 9.05. The molecule has 0 spiro atoms. The summed E-state index contributed by atoms with van der Waals surface area (Å²) >= 11 is 1.32. The summed E-state index contributed by atoms with van der Waals surface area (Å²) in [7, 11) is 0. The van der Waals surface area contributed by atoms with Gasteiger partial charge in [-0.15, -0.1) is 11.8 Å². The molecule has 7 nitrogen and oxygen atoms in total. The fraction of sp³-hybridized carbons (Fsp3) is 0.353. The molecular formula is C17H20N4O3S. The molecule has 8 heteroatoms. The van der Waals surface area contributed by atoms with Gasteiger partial charge in [0, 0.05) is 12.5 Å². The Morgan fingerprint density at radius 3 is 2.88 bits per heavy atom. The number of thioether (sulfide) groups is 1. The smallest absolute Gasteiger partial charge is 0.239 e. The fourth-order valence-corrected chi connectivity index (χ4v) is 3.46. The van der Waals surface area contributed by atoms with Gasteiger partial charge in [0.05, 0.1) is 17.5 Å². The van der Waals surface area contributed by atoms with Crippen LogP contribution in [-0.2, 0) is 9.59 Å². The Bertz CT molecular complexity index is 760. The van der Waals surface area contributed by atoms with Crippen molar-refractivity contribution in [2.24, 2.45) is 0 Å². The standard InChI is InChI=1S/C17H20N4O3S/c1-10-3-5-12(6-4-10)13-8-18-24-16(13)20-15(23)9-25-17-19-11(2)7-14(22)21-17/h3-6,8,11,17,19H,7,9H2,1-2H3,(H,20,23)(H,21,22). The van der Waals surface area contributed by atoms with Gasteiger partial charge in [-0.3, -0.25) is 20.2 Å². The minimum absolute atomic E-state index is 0.0129. The van der Waals surface area contributed by atoms with Crippen LogP contribution in [0.5, 0.6) is 0 Å². The molecule has 2 amide bonds. The molecule has 0 radical (unpaired) electrons. The highest BCUT2D eigenvalue weighted by atomic mass is 32.2. The number of rotatable bonds is 5. The van der Waals surface area contributed by atoms with Crippen LogP contribution in [0.15, 0.2) is 35.0 Å². The van der Waals surface area contributed by atoms with Gasteiger partial charge >= 0.3 is 0 Å². The minimum Gasteiger partial charge on any atom is -0.338 e. The van der Waals surface area contributed by atoms with Crippen LogP contribution < -0.4 is 16.0 Å². The van der Waals surface area contributed by atoms with E-state index in [4.69, 9.17) is 4.52 Å². The van der Waals surface area contributed by atoms with E-state index in [2.05, 4.69) is 21.1 Å². The first-order chi connectivity index (χ1) is 12.0. The summed E-state index contributed by atoms with van der Waals surface area (Å²) in [6.07, 6.45) is 2.03. The summed E-state index contributed by atoms with van der Waals surface area (Å²) in [5.74, 6) is 0.271. The molecule has 0 saturated carbocycles. The minimum atomic E-state index is -0.270. The zero-order chi connectivity index (χ0) is 17.8. The lowest BCUT2D eigenvalue weighted by Gasteiger charge is -2.28. The Morgan fingerprint density at radius 2 is 2.16 bits per heavy atom. The fourth-order valence-electron chi connectivity index (χ4n) is 2.52. The van der Waals surface area contributed by atoms with Gasteiger partial charge < -0.3 is 9.84 Å². The molecule has 1 aliphatic rings. The van der Waals surface area contributed by atoms with Crippen molar-refractivity contribution in [2.45, 2.75) is 31.8 Å². The van der Waals surface area contributed by atoms with E-state index in [0.717, 1.165) is 16.7 Å². The molecule has 1 aromatic heterocycles. The van der Waals surface area contributed by atoms with Gasteiger partial charge in [0.2, 0.25) is 17.7 Å². The van der Waals surface area contributed by atoms with Gasteiger partial charge in [0.25, 0.3) is 0 Å². The van der Waals surface area contributed by atoms with Gasteiger partial charge in [0.1, 0.15) is 5.50 Å². The molecule has 1 saturated heterocycles. The first-order valence-electron chi connectivity index (χ1n) is 8.00. The van der Waals surface area contributed by atoms with E-state index in [1.54, 1.807) is 6.20 Å². The summed E-state index contributed by atoms with van der Waals surface area (Å²) in [5, 5.41) is 12.5. The second-order valence-electron chi connectivity index (χ2n) is 6.01. The van der Waals surface area contributed by atoms with Crippen LogP contribution in [0, 0.1) is 6.92 Å². The Balaban J connectivity index is 1.58. The maximum atomic E-state index is 12.2. The highest BCUT2D eigenvalue weighted by Crippen LogP contribution is 2.28. The average Bonchev–Trinajstić information content (AvgIpc) is 3.01.